The summed E-state index contributed by atoms with van der Waals surface area (Å²) in [4.78, 5) is 27.7. The van der Waals surface area contributed by atoms with Gasteiger partial charge in [-0.3, -0.25) is 4.79 Å². The number of amidine groups is 1. The Hall–Kier alpha value is -2.48. The lowest BCUT2D eigenvalue weighted by Crippen LogP contribution is -2.19. The van der Waals surface area contributed by atoms with Crippen LogP contribution in [0.3, 0.4) is 0 Å². The van der Waals surface area contributed by atoms with Crippen molar-refractivity contribution >= 4 is 63.8 Å². The number of carboxylic acids is 1. The van der Waals surface area contributed by atoms with E-state index in [1.54, 1.807) is 48.5 Å². The minimum Gasteiger partial charge on any atom is -0.481 e. The molecule has 1 amide bonds. The third-order valence-corrected chi connectivity index (χ3v) is 4.99. The first-order chi connectivity index (χ1) is 12.9. The number of halogens is 2. The molecule has 0 radical (unpaired) electrons. The summed E-state index contributed by atoms with van der Waals surface area (Å²) in [6, 6.07) is 11.8. The second kappa shape index (κ2) is 8.47. The highest BCUT2D eigenvalue weighted by Gasteiger charge is 2.24. The Bertz CT molecular complexity index is 976. The van der Waals surface area contributed by atoms with Crippen LogP contribution in [0.2, 0.25) is 10.0 Å². The number of nitrogens with zero attached hydrogens (tertiary/aromatic N) is 1. The van der Waals surface area contributed by atoms with Gasteiger partial charge in [-0.2, -0.15) is 0 Å². The van der Waals surface area contributed by atoms with Crippen molar-refractivity contribution in [2.24, 2.45) is 4.99 Å². The maximum absolute atomic E-state index is 12.2. The monoisotopic (exact) mass is 422 g/mol. The number of rotatable bonds is 5. The summed E-state index contributed by atoms with van der Waals surface area (Å²) < 4.78 is 5.25. The Balaban J connectivity index is 1.82. The Labute approximate surface area is 168 Å². The van der Waals surface area contributed by atoms with Crippen LogP contribution in [0, 0.1) is 0 Å². The maximum Gasteiger partial charge on any atom is 0.341 e. The topological polar surface area (TPSA) is 88.0 Å². The van der Waals surface area contributed by atoms with Gasteiger partial charge in [0.15, 0.2) is 11.8 Å². The van der Waals surface area contributed by atoms with Gasteiger partial charge in [0.05, 0.1) is 20.6 Å². The molecule has 2 N–H and O–H groups in total. The van der Waals surface area contributed by atoms with Gasteiger partial charge in [-0.05, 0) is 42.1 Å². The zero-order chi connectivity index (χ0) is 19.4. The van der Waals surface area contributed by atoms with E-state index in [0.717, 1.165) is 11.8 Å². The molecule has 0 spiro atoms. The fraction of sp³-hybridized carbons (Fsp3) is 0.0556. The van der Waals surface area contributed by atoms with Crippen LogP contribution < -0.4 is 10.1 Å². The quantitative estimate of drug-likeness (QED) is 0.699. The van der Waals surface area contributed by atoms with Crippen molar-refractivity contribution in [2.75, 3.05) is 6.61 Å². The van der Waals surface area contributed by atoms with E-state index in [1.165, 1.54) is 0 Å². The van der Waals surface area contributed by atoms with Gasteiger partial charge in [-0.15, -0.1) is 0 Å². The van der Waals surface area contributed by atoms with Gasteiger partial charge in [-0.25, -0.2) is 9.79 Å². The van der Waals surface area contributed by atoms with Crippen LogP contribution in [0.1, 0.15) is 5.56 Å². The molecule has 0 aliphatic carbocycles. The van der Waals surface area contributed by atoms with Gasteiger partial charge >= 0.3 is 5.97 Å². The molecule has 1 aliphatic heterocycles. The lowest BCUT2D eigenvalue weighted by atomic mass is 10.2. The summed E-state index contributed by atoms with van der Waals surface area (Å²) in [5, 5.41) is 12.6. The largest absolute Gasteiger partial charge is 0.481 e. The van der Waals surface area contributed by atoms with Gasteiger partial charge in [-0.1, -0.05) is 41.4 Å². The number of carboxylic acid groups (broad SMARTS) is 1. The molecular weight excluding hydrogens is 411 g/mol. The number of hydrogen-bond donors (Lipinski definition) is 2. The van der Waals surface area contributed by atoms with Crippen molar-refractivity contribution in [1.82, 2.24) is 5.32 Å². The first kappa shape index (κ1) is 19.3. The van der Waals surface area contributed by atoms with Gasteiger partial charge in [0.2, 0.25) is 0 Å². The standard InChI is InChI=1S/C18H12Cl2N2O4S/c19-12-6-5-11(8-13(12)20)21-18-22-17(25)15(27-18)7-10-3-1-2-4-14(10)26-9-16(23)24/h1-8H,9H2,(H,23,24)(H,21,22,25)/b15-7+. The van der Waals surface area contributed by atoms with Gasteiger partial charge in [0.1, 0.15) is 5.75 Å². The zero-order valence-corrected chi connectivity index (χ0v) is 15.9. The minimum atomic E-state index is -1.08. The third-order valence-electron chi connectivity index (χ3n) is 3.34. The molecule has 0 unspecified atom stereocenters. The van der Waals surface area contributed by atoms with Crippen LogP contribution in [0.25, 0.3) is 6.08 Å². The molecule has 1 fully saturated rings. The summed E-state index contributed by atoms with van der Waals surface area (Å²) in [5.41, 5.74) is 1.14. The summed E-state index contributed by atoms with van der Waals surface area (Å²) >= 11 is 13.0. The normalized spacial score (nSPS) is 16.6. The number of aliphatic carboxylic acids is 1. The van der Waals surface area contributed by atoms with E-state index in [1.807, 2.05) is 0 Å². The fourth-order valence-electron chi connectivity index (χ4n) is 2.16. The second-order valence-corrected chi connectivity index (χ2v) is 7.15. The summed E-state index contributed by atoms with van der Waals surface area (Å²) in [6.07, 6.45) is 1.62. The summed E-state index contributed by atoms with van der Waals surface area (Å²) in [7, 11) is 0. The number of ether oxygens (including phenoxy) is 1. The highest BCUT2D eigenvalue weighted by molar-refractivity contribution is 8.18. The van der Waals surface area contributed by atoms with Crippen LogP contribution in [-0.2, 0) is 9.59 Å². The number of aliphatic imine (C=N–C) groups is 1. The first-order valence-electron chi connectivity index (χ1n) is 7.60. The van der Waals surface area contributed by atoms with Crippen molar-refractivity contribution < 1.29 is 19.4 Å². The average Bonchev–Trinajstić information content (AvgIpc) is 2.96. The molecule has 27 heavy (non-hydrogen) atoms. The van der Waals surface area contributed by atoms with Crippen LogP contribution in [-0.4, -0.2) is 28.8 Å². The predicted molar refractivity (Wildman–Crippen MR) is 107 cm³/mol. The minimum absolute atomic E-state index is 0.313. The van der Waals surface area contributed by atoms with Crippen LogP contribution in [0.4, 0.5) is 5.69 Å². The first-order valence-corrected chi connectivity index (χ1v) is 9.18. The number of benzene rings is 2. The molecule has 2 aromatic carbocycles. The van der Waals surface area contributed by atoms with Crippen LogP contribution in [0.15, 0.2) is 52.4 Å². The second-order valence-electron chi connectivity index (χ2n) is 5.30. The lowest BCUT2D eigenvalue weighted by Gasteiger charge is -2.06. The number of thioether (sulfide) groups is 1. The molecule has 6 nitrogen and oxygen atoms in total. The Morgan fingerprint density at radius 1 is 1.22 bits per heavy atom. The maximum atomic E-state index is 12.2. The van der Waals surface area contributed by atoms with Crippen molar-refractivity contribution in [2.45, 2.75) is 0 Å². The number of para-hydroxylation sites is 1. The molecule has 1 saturated heterocycles. The number of carbonyl (C=O) groups excluding carboxylic acids is 1. The highest BCUT2D eigenvalue weighted by atomic mass is 35.5. The Morgan fingerprint density at radius 3 is 2.74 bits per heavy atom. The predicted octanol–water partition coefficient (Wildman–Crippen LogP) is 4.35. The molecule has 3 rings (SSSR count). The number of amides is 1. The number of hydrogen-bond acceptors (Lipinski definition) is 5. The summed E-state index contributed by atoms with van der Waals surface area (Å²) in [6.45, 7) is -0.469. The van der Waals surface area contributed by atoms with E-state index in [0.29, 0.717) is 37.1 Å². The smallest absolute Gasteiger partial charge is 0.341 e. The van der Waals surface area contributed by atoms with Crippen molar-refractivity contribution in [1.29, 1.82) is 0 Å². The van der Waals surface area contributed by atoms with Gasteiger partial charge in [0, 0.05) is 5.56 Å². The molecule has 2 aromatic rings. The Kier molecular flexibility index (Phi) is 6.05. The van der Waals surface area contributed by atoms with E-state index < -0.39 is 12.6 Å². The third kappa shape index (κ3) is 5.03. The molecule has 0 aromatic heterocycles. The Morgan fingerprint density at radius 2 is 2.00 bits per heavy atom. The van der Waals surface area contributed by atoms with Gasteiger partial charge in [0.25, 0.3) is 5.91 Å². The lowest BCUT2D eigenvalue weighted by molar-refractivity contribution is -0.139. The van der Waals surface area contributed by atoms with E-state index in [-0.39, 0.29) is 5.91 Å². The summed E-state index contributed by atoms with van der Waals surface area (Å²) in [5.74, 6) is -1.02. The molecule has 0 atom stereocenters. The average molecular weight is 423 g/mol. The molecule has 1 aliphatic rings. The molecule has 0 bridgehead atoms. The fourth-order valence-corrected chi connectivity index (χ4v) is 3.29. The molecule has 1 heterocycles. The molecular formula is C18H12Cl2N2O4S. The van der Waals surface area contributed by atoms with Gasteiger partial charge < -0.3 is 15.2 Å². The van der Waals surface area contributed by atoms with E-state index in [2.05, 4.69) is 10.3 Å². The van der Waals surface area contributed by atoms with E-state index in [4.69, 9.17) is 33.0 Å². The molecule has 9 heteroatoms. The SMILES string of the molecule is O=C(O)COc1ccccc1/C=C1/SC(=Nc2ccc(Cl)c(Cl)c2)NC1=O. The van der Waals surface area contributed by atoms with Crippen LogP contribution in [0.5, 0.6) is 5.75 Å². The van der Waals surface area contributed by atoms with E-state index >= 15 is 0 Å². The highest BCUT2D eigenvalue weighted by Crippen LogP contribution is 2.32. The van der Waals surface area contributed by atoms with Crippen molar-refractivity contribution in [3.05, 3.63) is 63.0 Å². The van der Waals surface area contributed by atoms with Crippen molar-refractivity contribution in [3.8, 4) is 5.75 Å². The van der Waals surface area contributed by atoms with Crippen molar-refractivity contribution in [3.63, 3.8) is 0 Å². The van der Waals surface area contributed by atoms with E-state index in [9.17, 15) is 9.59 Å². The van der Waals surface area contributed by atoms with Crippen LogP contribution >= 0.6 is 35.0 Å². The number of nitrogens with one attached hydrogen (secondary N) is 1. The number of carbonyl (C=O) groups is 2. The molecule has 138 valence electrons. The molecule has 0 saturated carbocycles. The zero-order valence-electron chi connectivity index (χ0n) is 13.6.